The van der Waals surface area contributed by atoms with E-state index in [1.165, 1.54) is 0 Å². The van der Waals surface area contributed by atoms with E-state index in [1.54, 1.807) is 18.5 Å². The van der Waals surface area contributed by atoms with Crippen LogP contribution in [0, 0.1) is 0 Å². The van der Waals surface area contributed by atoms with Gasteiger partial charge in [-0.1, -0.05) is 41.4 Å². The lowest BCUT2D eigenvalue weighted by Gasteiger charge is -2.20. The zero-order chi connectivity index (χ0) is 17.8. The molecule has 2 aromatic heterocycles. The van der Waals surface area contributed by atoms with E-state index in [0.29, 0.717) is 0 Å². The van der Waals surface area contributed by atoms with E-state index in [1.807, 2.05) is 41.0 Å². The van der Waals surface area contributed by atoms with Crippen molar-refractivity contribution in [2.24, 2.45) is 0 Å². The quantitative estimate of drug-likeness (QED) is 0.490. The molecule has 5 nitrogen and oxygen atoms in total. The molecule has 3 heterocycles. The maximum Gasteiger partial charge on any atom is 0.152 e. The molecule has 0 saturated carbocycles. The van der Waals surface area contributed by atoms with Gasteiger partial charge in [-0.25, -0.2) is 9.50 Å². The number of hydrogen-bond acceptors (Lipinski definition) is 4. The van der Waals surface area contributed by atoms with Gasteiger partial charge in [0.2, 0.25) is 0 Å². The Hall–Kier alpha value is -2.76. The van der Waals surface area contributed by atoms with Gasteiger partial charge in [0.05, 0.1) is 21.6 Å². The predicted octanol–water partition coefficient (Wildman–Crippen LogP) is 4.92. The largest absolute Gasteiger partial charge is 0.505 e. The highest BCUT2D eigenvalue weighted by Gasteiger charge is 2.27. The van der Waals surface area contributed by atoms with Gasteiger partial charge in [0.1, 0.15) is 12.0 Å². The van der Waals surface area contributed by atoms with Gasteiger partial charge in [-0.2, -0.15) is 5.10 Å². The Balaban J connectivity index is 1.83. The molecule has 7 heteroatoms. The third kappa shape index (κ3) is 2.18. The molecule has 0 fully saturated rings. The Kier molecular flexibility index (Phi) is 3.35. The molecule has 0 radical (unpaired) electrons. The number of phenols is 1. The number of rotatable bonds is 1. The summed E-state index contributed by atoms with van der Waals surface area (Å²) < 4.78 is 1.82. The summed E-state index contributed by atoms with van der Waals surface area (Å²) >= 11 is 12.3. The number of para-hydroxylation sites is 1. The first-order valence-corrected chi connectivity index (χ1v) is 8.75. The van der Waals surface area contributed by atoms with Crippen LogP contribution in [0.1, 0.15) is 17.2 Å². The molecular weight excluding hydrogens is 371 g/mol. The molecule has 2 aromatic carbocycles. The Morgan fingerprint density at radius 1 is 1.08 bits per heavy atom. The molecule has 1 aliphatic heterocycles. The third-order valence-electron chi connectivity index (χ3n) is 4.65. The highest BCUT2D eigenvalue weighted by molar-refractivity contribution is 6.37. The minimum atomic E-state index is -0.219. The van der Waals surface area contributed by atoms with Crippen LogP contribution in [-0.4, -0.2) is 19.7 Å². The summed E-state index contributed by atoms with van der Waals surface area (Å²) in [5.41, 5.74) is 5.59. The number of hydrogen-bond donors (Lipinski definition) is 2. The van der Waals surface area contributed by atoms with Crippen molar-refractivity contribution in [3.8, 4) is 17.0 Å². The summed E-state index contributed by atoms with van der Waals surface area (Å²) in [7, 11) is 0. The van der Waals surface area contributed by atoms with Crippen LogP contribution in [0.2, 0.25) is 10.0 Å². The van der Waals surface area contributed by atoms with Crippen LogP contribution in [-0.2, 0) is 0 Å². The average molecular weight is 383 g/mol. The minimum Gasteiger partial charge on any atom is -0.505 e. The van der Waals surface area contributed by atoms with Crippen molar-refractivity contribution in [2.45, 2.75) is 6.04 Å². The summed E-state index contributed by atoms with van der Waals surface area (Å²) in [5.74, 6) is -0.114. The smallest absolute Gasteiger partial charge is 0.152 e. The third-order valence-corrected chi connectivity index (χ3v) is 5.23. The molecule has 0 bridgehead atoms. The lowest BCUT2D eigenvalue weighted by atomic mass is 9.99. The summed E-state index contributed by atoms with van der Waals surface area (Å²) in [6.07, 6.45) is 3.46. The molecule has 0 spiro atoms. The Morgan fingerprint density at radius 3 is 2.65 bits per heavy atom. The van der Waals surface area contributed by atoms with Crippen LogP contribution in [0.5, 0.6) is 5.75 Å². The summed E-state index contributed by atoms with van der Waals surface area (Å²) in [6.45, 7) is 0. The second kappa shape index (κ2) is 5.62. The monoisotopic (exact) mass is 382 g/mol. The van der Waals surface area contributed by atoms with Gasteiger partial charge in [-0.15, -0.1) is 0 Å². The molecule has 5 rings (SSSR count). The maximum atomic E-state index is 9.90. The molecular formula is C19H12Cl2N4O. The van der Waals surface area contributed by atoms with Crippen molar-refractivity contribution in [2.75, 3.05) is 5.32 Å². The normalized spacial score (nSPS) is 15.4. The molecule has 1 aliphatic rings. The Bertz CT molecular complexity index is 1150. The van der Waals surface area contributed by atoms with Gasteiger partial charge in [0, 0.05) is 23.0 Å². The highest BCUT2D eigenvalue weighted by Crippen LogP contribution is 2.43. The number of phenolic OH excluding ortho intramolecular Hbond substituents is 1. The van der Waals surface area contributed by atoms with Crippen LogP contribution < -0.4 is 5.32 Å². The van der Waals surface area contributed by atoms with Crippen molar-refractivity contribution in [1.29, 1.82) is 0 Å². The number of aromatic hydroxyl groups is 1. The number of nitrogens with zero attached hydrogens (tertiary/aromatic N) is 3. The first kappa shape index (κ1) is 15.5. The van der Waals surface area contributed by atoms with Gasteiger partial charge < -0.3 is 10.4 Å². The van der Waals surface area contributed by atoms with Crippen LogP contribution in [0.3, 0.4) is 0 Å². The number of aromatic nitrogens is 3. The average Bonchev–Trinajstić information content (AvgIpc) is 3.01. The van der Waals surface area contributed by atoms with E-state index < -0.39 is 0 Å². The SMILES string of the molecule is Oc1c(Cl)cc(C2Nc3ccccc3-c3ncnn4ccc2c34)cc1Cl. The zero-order valence-electron chi connectivity index (χ0n) is 13.3. The number of anilines is 1. The van der Waals surface area contributed by atoms with Gasteiger partial charge in [0.15, 0.2) is 5.75 Å². The second-order valence-corrected chi connectivity index (χ2v) is 6.94. The van der Waals surface area contributed by atoms with Gasteiger partial charge in [-0.3, -0.25) is 0 Å². The zero-order valence-corrected chi connectivity index (χ0v) is 14.8. The highest BCUT2D eigenvalue weighted by atomic mass is 35.5. The first-order valence-electron chi connectivity index (χ1n) is 7.99. The van der Waals surface area contributed by atoms with Crippen molar-refractivity contribution in [3.63, 3.8) is 0 Å². The standard InChI is InChI=1S/C19H12Cl2N4O/c20-13-7-10(8-14(21)19(13)26)16-12-5-6-25-18(12)17(22-9-23-25)11-3-1-2-4-15(11)24-16/h1-9,16,24,26H. The van der Waals surface area contributed by atoms with Gasteiger partial charge in [-0.05, 0) is 29.8 Å². The molecule has 0 aliphatic carbocycles. The van der Waals surface area contributed by atoms with E-state index in [4.69, 9.17) is 23.2 Å². The predicted molar refractivity (Wildman–Crippen MR) is 102 cm³/mol. The van der Waals surface area contributed by atoms with E-state index in [9.17, 15) is 5.11 Å². The number of benzene rings is 2. The molecule has 1 unspecified atom stereocenters. The summed E-state index contributed by atoms with van der Waals surface area (Å²) in [6, 6.07) is 13.2. The Labute approximate surface area is 158 Å². The molecule has 1 atom stereocenters. The van der Waals surface area contributed by atoms with Crippen molar-refractivity contribution >= 4 is 34.4 Å². The molecule has 2 N–H and O–H groups in total. The summed E-state index contributed by atoms with van der Waals surface area (Å²) in [4.78, 5) is 4.52. The number of fused-ring (bicyclic) bond motifs is 2. The van der Waals surface area contributed by atoms with E-state index in [0.717, 1.165) is 33.6 Å². The first-order chi connectivity index (χ1) is 12.6. The fourth-order valence-electron chi connectivity index (χ4n) is 3.47. The molecule has 128 valence electrons. The maximum absolute atomic E-state index is 9.90. The molecule has 0 amide bonds. The van der Waals surface area contributed by atoms with Crippen molar-refractivity contribution in [1.82, 2.24) is 14.6 Å². The van der Waals surface area contributed by atoms with E-state index >= 15 is 0 Å². The lowest BCUT2D eigenvalue weighted by molar-refractivity contribution is 0.475. The van der Waals surface area contributed by atoms with Crippen LogP contribution in [0.15, 0.2) is 55.0 Å². The lowest BCUT2D eigenvalue weighted by Crippen LogP contribution is -2.11. The van der Waals surface area contributed by atoms with Crippen LogP contribution in [0.25, 0.3) is 16.8 Å². The van der Waals surface area contributed by atoms with Crippen LogP contribution in [0.4, 0.5) is 5.69 Å². The minimum absolute atomic E-state index is 0.114. The van der Waals surface area contributed by atoms with E-state index in [-0.39, 0.29) is 21.8 Å². The number of halogens is 2. The van der Waals surface area contributed by atoms with Crippen molar-refractivity contribution in [3.05, 3.63) is 76.2 Å². The van der Waals surface area contributed by atoms with Crippen molar-refractivity contribution < 1.29 is 5.11 Å². The molecule has 0 saturated heterocycles. The molecule has 4 aromatic rings. The fourth-order valence-corrected chi connectivity index (χ4v) is 3.98. The fraction of sp³-hybridized carbons (Fsp3) is 0.0526. The Morgan fingerprint density at radius 2 is 1.85 bits per heavy atom. The van der Waals surface area contributed by atoms with Crippen LogP contribution >= 0.6 is 23.2 Å². The van der Waals surface area contributed by atoms with Gasteiger partial charge >= 0.3 is 0 Å². The topological polar surface area (TPSA) is 62.5 Å². The van der Waals surface area contributed by atoms with Gasteiger partial charge in [0.25, 0.3) is 0 Å². The summed E-state index contributed by atoms with van der Waals surface area (Å²) in [5, 5.41) is 18.2. The molecule has 26 heavy (non-hydrogen) atoms. The van der Waals surface area contributed by atoms with E-state index in [2.05, 4.69) is 15.4 Å². The number of nitrogens with one attached hydrogen (secondary N) is 1. The second-order valence-electron chi connectivity index (χ2n) is 6.13.